The van der Waals surface area contributed by atoms with Gasteiger partial charge in [-0.1, -0.05) is 6.92 Å². The van der Waals surface area contributed by atoms with Crippen LogP contribution in [0.2, 0.25) is 0 Å². The SMILES string of the molecule is CC[C@H](N)C(=O)OC[C@@H]1O[C@H](n2cnc(C(N)=O)n2)[C@@H](O)[C@H]1O. The summed E-state index contributed by atoms with van der Waals surface area (Å²) in [5.41, 5.74) is 10.6. The zero-order chi connectivity index (χ0) is 17.1. The molecule has 2 rings (SSSR count). The monoisotopic (exact) mass is 329 g/mol. The van der Waals surface area contributed by atoms with E-state index in [0.717, 1.165) is 11.0 Å². The summed E-state index contributed by atoms with van der Waals surface area (Å²) >= 11 is 0. The maximum Gasteiger partial charge on any atom is 0.322 e. The molecular weight excluding hydrogens is 310 g/mol. The van der Waals surface area contributed by atoms with Crippen LogP contribution in [0.15, 0.2) is 6.33 Å². The van der Waals surface area contributed by atoms with Crippen LogP contribution in [0.4, 0.5) is 0 Å². The van der Waals surface area contributed by atoms with Crippen LogP contribution in [0.3, 0.4) is 0 Å². The minimum Gasteiger partial charge on any atom is -0.462 e. The van der Waals surface area contributed by atoms with Gasteiger partial charge in [0.2, 0.25) is 5.82 Å². The van der Waals surface area contributed by atoms with Gasteiger partial charge in [0.05, 0.1) is 0 Å². The molecule has 5 atom stereocenters. The summed E-state index contributed by atoms with van der Waals surface area (Å²) in [6.07, 6.45) is -3.17. The van der Waals surface area contributed by atoms with Gasteiger partial charge in [-0.25, -0.2) is 9.67 Å². The first kappa shape index (κ1) is 17.3. The Labute approximate surface area is 131 Å². The zero-order valence-corrected chi connectivity index (χ0v) is 12.4. The third kappa shape index (κ3) is 3.64. The van der Waals surface area contributed by atoms with E-state index in [-0.39, 0.29) is 12.4 Å². The highest BCUT2D eigenvalue weighted by Crippen LogP contribution is 2.28. The number of carbonyl (C=O) groups is 2. The molecule has 0 saturated carbocycles. The fourth-order valence-corrected chi connectivity index (χ4v) is 2.03. The van der Waals surface area contributed by atoms with Gasteiger partial charge in [-0.15, -0.1) is 5.10 Å². The largest absolute Gasteiger partial charge is 0.462 e. The van der Waals surface area contributed by atoms with Gasteiger partial charge >= 0.3 is 5.97 Å². The van der Waals surface area contributed by atoms with Gasteiger partial charge in [-0.2, -0.15) is 0 Å². The van der Waals surface area contributed by atoms with E-state index in [1.54, 1.807) is 6.92 Å². The average molecular weight is 329 g/mol. The highest BCUT2D eigenvalue weighted by Gasteiger charge is 2.45. The summed E-state index contributed by atoms with van der Waals surface area (Å²) in [7, 11) is 0. The van der Waals surface area contributed by atoms with E-state index in [1.165, 1.54) is 0 Å². The number of nitrogens with two attached hydrogens (primary N) is 2. The standard InChI is InChI=1S/C12H19N5O6/c1-2-5(13)12(21)22-3-6-7(18)8(19)11(23-6)17-4-15-10(16-17)9(14)20/h4-8,11,18-19H,2-3,13H2,1H3,(H2,14,20)/t5-,6-,7-,8-,11-/m0/s1. The predicted molar refractivity (Wildman–Crippen MR) is 73.7 cm³/mol. The Morgan fingerprint density at radius 1 is 1.48 bits per heavy atom. The van der Waals surface area contributed by atoms with Crippen molar-refractivity contribution in [2.75, 3.05) is 6.61 Å². The van der Waals surface area contributed by atoms with Crippen molar-refractivity contribution in [3.05, 3.63) is 12.2 Å². The fraction of sp³-hybridized carbons (Fsp3) is 0.667. The number of amides is 1. The van der Waals surface area contributed by atoms with E-state index in [4.69, 9.17) is 20.9 Å². The van der Waals surface area contributed by atoms with Crippen LogP contribution in [0, 0.1) is 0 Å². The van der Waals surface area contributed by atoms with Crippen molar-refractivity contribution >= 4 is 11.9 Å². The number of rotatable bonds is 6. The highest BCUT2D eigenvalue weighted by molar-refractivity contribution is 5.88. The Morgan fingerprint density at radius 2 is 2.17 bits per heavy atom. The molecule has 1 aromatic heterocycles. The van der Waals surface area contributed by atoms with Crippen molar-refractivity contribution in [1.82, 2.24) is 14.8 Å². The normalized spacial score (nSPS) is 28.5. The number of aliphatic hydroxyl groups is 2. The summed E-state index contributed by atoms with van der Waals surface area (Å²) in [4.78, 5) is 26.1. The molecule has 6 N–H and O–H groups in total. The number of primary amides is 1. The molecule has 2 heterocycles. The van der Waals surface area contributed by atoms with Crippen LogP contribution in [-0.2, 0) is 14.3 Å². The van der Waals surface area contributed by atoms with Crippen molar-refractivity contribution in [2.24, 2.45) is 11.5 Å². The number of ether oxygens (including phenoxy) is 2. The van der Waals surface area contributed by atoms with Crippen LogP contribution < -0.4 is 11.5 Å². The van der Waals surface area contributed by atoms with E-state index >= 15 is 0 Å². The summed E-state index contributed by atoms with van der Waals surface area (Å²) in [6, 6.07) is -0.761. The van der Waals surface area contributed by atoms with Gasteiger partial charge in [0.1, 0.15) is 37.3 Å². The van der Waals surface area contributed by atoms with Crippen molar-refractivity contribution in [3.8, 4) is 0 Å². The minimum absolute atomic E-state index is 0.251. The molecule has 11 heteroatoms. The molecule has 0 radical (unpaired) electrons. The van der Waals surface area contributed by atoms with Crippen molar-refractivity contribution in [2.45, 2.75) is 43.9 Å². The van der Waals surface area contributed by atoms with Crippen LogP contribution >= 0.6 is 0 Å². The van der Waals surface area contributed by atoms with E-state index < -0.39 is 42.5 Å². The molecule has 1 aromatic rings. The van der Waals surface area contributed by atoms with Crippen molar-refractivity contribution < 1.29 is 29.3 Å². The highest BCUT2D eigenvalue weighted by atomic mass is 16.6. The van der Waals surface area contributed by atoms with Crippen LogP contribution in [-0.4, -0.2) is 67.8 Å². The molecule has 0 aliphatic carbocycles. The summed E-state index contributed by atoms with van der Waals surface area (Å²) in [6.45, 7) is 1.45. The molecule has 0 bridgehead atoms. The lowest BCUT2D eigenvalue weighted by atomic mass is 10.1. The molecule has 23 heavy (non-hydrogen) atoms. The van der Waals surface area contributed by atoms with Gasteiger partial charge < -0.3 is 31.2 Å². The second kappa shape index (κ2) is 7.00. The molecule has 0 aromatic carbocycles. The maximum atomic E-state index is 11.5. The fourth-order valence-electron chi connectivity index (χ4n) is 2.03. The first-order valence-electron chi connectivity index (χ1n) is 6.99. The van der Waals surface area contributed by atoms with Gasteiger partial charge in [0, 0.05) is 0 Å². The Balaban J connectivity index is 2.00. The topological polar surface area (TPSA) is 176 Å². The maximum absolute atomic E-state index is 11.5. The average Bonchev–Trinajstić information content (AvgIpc) is 3.11. The first-order chi connectivity index (χ1) is 10.8. The van der Waals surface area contributed by atoms with Gasteiger partial charge in [0.15, 0.2) is 6.23 Å². The van der Waals surface area contributed by atoms with Gasteiger partial charge in [0.25, 0.3) is 5.91 Å². The van der Waals surface area contributed by atoms with E-state index in [0.29, 0.717) is 6.42 Å². The predicted octanol–water partition coefficient (Wildman–Crippen LogP) is -2.72. The number of aromatic nitrogens is 3. The third-order valence-corrected chi connectivity index (χ3v) is 3.46. The molecule has 1 saturated heterocycles. The van der Waals surface area contributed by atoms with Crippen molar-refractivity contribution in [3.63, 3.8) is 0 Å². The summed E-state index contributed by atoms with van der Waals surface area (Å²) < 4.78 is 11.4. The molecule has 11 nitrogen and oxygen atoms in total. The van der Waals surface area contributed by atoms with Crippen LogP contribution in [0.5, 0.6) is 0 Å². The number of esters is 1. The number of carbonyl (C=O) groups excluding carboxylic acids is 2. The molecular formula is C12H19N5O6. The molecule has 1 aliphatic heterocycles. The molecule has 0 spiro atoms. The van der Waals surface area contributed by atoms with Crippen LogP contribution in [0.25, 0.3) is 0 Å². The molecule has 1 aliphatic rings. The van der Waals surface area contributed by atoms with E-state index in [1.807, 2.05) is 0 Å². The summed E-state index contributed by atoms with van der Waals surface area (Å²) in [5.74, 6) is -1.71. The quantitative estimate of drug-likeness (QED) is 0.404. The Bertz CT molecular complexity index is 578. The van der Waals surface area contributed by atoms with E-state index in [9.17, 15) is 19.8 Å². The number of nitrogens with zero attached hydrogens (tertiary/aromatic N) is 3. The molecule has 128 valence electrons. The number of hydrogen-bond acceptors (Lipinski definition) is 9. The Hall–Kier alpha value is -2.08. The lowest BCUT2D eigenvalue weighted by Gasteiger charge is -2.16. The molecule has 1 amide bonds. The second-order valence-corrected chi connectivity index (χ2v) is 5.10. The lowest BCUT2D eigenvalue weighted by Crippen LogP contribution is -2.37. The first-order valence-corrected chi connectivity index (χ1v) is 6.99. The smallest absolute Gasteiger partial charge is 0.322 e. The minimum atomic E-state index is -1.35. The van der Waals surface area contributed by atoms with E-state index in [2.05, 4.69) is 10.1 Å². The summed E-state index contributed by atoms with van der Waals surface area (Å²) in [5, 5.41) is 23.7. The lowest BCUT2D eigenvalue weighted by molar-refractivity contribution is -0.151. The van der Waals surface area contributed by atoms with Crippen molar-refractivity contribution in [1.29, 1.82) is 0 Å². The van der Waals surface area contributed by atoms with Gasteiger partial charge in [-0.3, -0.25) is 9.59 Å². The second-order valence-electron chi connectivity index (χ2n) is 5.10. The van der Waals surface area contributed by atoms with Crippen LogP contribution in [0.1, 0.15) is 30.2 Å². The Kier molecular flexibility index (Phi) is 5.26. The molecule has 0 unspecified atom stereocenters. The third-order valence-electron chi connectivity index (χ3n) is 3.46. The van der Waals surface area contributed by atoms with Gasteiger partial charge in [-0.05, 0) is 6.42 Å². The zero-order valence-electron chi connectivity index (χ0n) is 12.4. The number of hydrogen-bond donors (Lipinski definition) is 4. The Morgan fingerprint density at radius 3 is 2.74 bits per heavy atom. The molecule has 1 fully saturated rings. The number of aliphatic hydroxyl groups excluding tert-OH is 2.